The summed E-state index contributed by atoms with van der Waals surface area (Å²) in [5.41, 5.74) is -0.368. The first-order valence-electron chi connectivity index (χ1n) is 6.85. The van der Waals surface area contributed by atoms with Crippen LogP contribution >= 0.6 is 0 Å². The lowest BCUT2D eigenvalue weighted by Crippen LogP contribution is -2.48. The van der Waals surface area contributed by atoms with Gasteiger partial charge in [-0.1, -0.05) is 6.92 Å². The van der Waals surface area contributed by atoms with E-state index in [0.717, 1.165) is 0 Å². The Labute approximate surface area is 121 Å². The zero-order chi connectivity index (χ0) is 15.4. The number of ether oxygens (including phenoxy) is 1. The Morgan fingerprint density at radius 3 is 2.86 bits per heavy atom. The molecule has 1 aliphatic heterocycles. The van der Waals surface area contributed by atoms with Crippen molar-refractivity contribution in [2.75, 3.05) is 19.8 Å². The summed E-state index contributed by atoms with van der Waals surface area (Å²) in [6.45, 7) is 2.53. The number of nitrogens with zero attached hydrogens (tertiary/aromatic N) is 1. The van der Waals surface area contributed by atoms with Crippen LogP contribution in [0.2, 0.25) is 0 Å². The predicted molar refractivity (Wildman–Crippen MR) is 74.1 cm³/mol. The van der Waals surface area contributed by atoms with Crippen molar-refractivity contribution in [1.29, 1.82) is 0 Å². The minimum atomic E-state index is -0.992. The highest BCUT2D eigenvalue weighted by Gasteiger charge is 2.40. The Morgan fingerprint density at radius 1 is 1.48 bits per heavy atom. The molecule has 2 atom stereocenters. The number of H-pyrrole nitrogens is 1. The lowest BCUT2D eigenvalue weighted by molar-refractivity contribution is -0.142. The fraction of sp³-hybridized carbons (Fsp3) is 0.500. The highest BCUT2D eigenvalue weighted by Crippen LogP contribution is 2.21. The maximum Gasteiger partial charge on any atom is 0.311 e. The first kappa shape index (κ1) is 15.2. The van der Waals surface area contributed by atoms with Gasteiger partial charge < -0.3 is 19.7 Å². The van der Waals surface area contributed by atoms with Gasteiger partial charge in [0.2, 0.25) is 0 Å². The topological polar surface area (TPSA) is 99.7 Å². The molecule has 0 bridgehead atoms. The van der Waals surface area contributed by atoms with Crippen LogP contribution in [0.1, 0.15) is 23.7 Å². The minimum absolute atomic E-state index is 0.0157. The zero-order valence-corrected chi connectivity index (χ0v) is 11.7. The third-order valence-electron chi connectivity index (χ3n) is 3.55. The van der Waals surface area contributed by atoms with E-state index in [1.807, 2.05) is 6.92 Å². The van der Waals surface area contributed by atoms with Crippen molar-refractivity contribution < 1.29 is 19.4 Å². The molecule has 2 N–H and O–H groups in total. The summed E-state index contributed by atoms with van der Waals surface area (Å²) in [6.07, 6.45) is 3.46. The molecule has 0 radical (unpaired) electrons. The number of pyridine rings is 1. The Morgan fingerprint density at radius 2 is 2.24 bits per heavy atom. The number of carbonyl (C=O) groups is 2. The fourth-order valence-electron chi connectivity index (χ4n) is 2.48. The highest BCUT2D eigenvalue weighted by molar-refractivity contribution is 5.94. The Kier molecular flexibility index (Phi) is 4.74. The average Bonchev–Trinajstić information content (AvgIpc) is 2.94. The predicted octanol–water partition coefficient (Wildman–Crippen LogP) is 0.327. The van der Waals surface area contributed by atoms with Gasteiger partial charge in [-0.2, -0.15) is 0 Å². The van der Waals surface area contributed by atoms with Crippen molar-refractivity contribution in [3.63, 3.8) is 0 Å². The number of aromatic nitrogens is 1. The van der Waals surface area contributed by atoms with Crippen LogP contribution in [0.25, 0.3) is 0 Å². The molecular weight excluding hydrogens is 276 g/mol. The van der Waals surface area contributed by atoms with Crippen LogP contribution in [0.4, 0.5) is 0 Å². The van der Waals surface area contributed by atoms with Crippen LogP contribution in [-0.2, 0) is 9.53 Å². The van der Waals surface area contributed by atoms with E-state index in [-0.39, 0.29) is 24.2 Å². The smallest absolute Gasteiger partial charge is 0.311 e. The van der Waals surface area contributed by atoms with E-state index in [4.69, 9.17) is 4.74 Å². The summed E-state index contributed by atoms with van der Waals surface area (Å²) in [7, 11) is 0. The average molecular weight is 294 g/mol. The summed E-state index contributed by atoms with van der Waals surface area (Å²) in [5.74, 6) is -2.21. The Bertz CT molecular complexity index is 583. The zero-order valence-electron chi connectivity index (χ0n) is 11.7. The number of carboxylic acids is 1. The third-order valence-corrected chi connectivity index (χ3v) is 3.55. The molecule has 1 aliphatic rings. The molecule has 2 rings (SSSR count). The molecule has 1 fully saturated rings. The minimum Gasteiger partial charge on any atom is -0.481 e. The number of hydrogen-bond donors (Lipinski definition) is 2. The quantitative estimate of drug-likeness (QED) is 0.815. The Balaban J connectivity index is 2.30. The second-order valence-corrected chi connectivity index (χ2v) is 4.97. The van der Waals surface area contributed by atoms with E-state index in [9.17, 15) is 19.5 Å². The van der Waals surface area contributed by atoms with E-state index in [1.54, 1.807) is 0 Å². The van der Waals surface area contributed by atoms with Gasteiger partial charge in [-0.3, -0.25) is 14.4 Å². The van der Waals surface area contributed by atoms with Gasteiger partial charge in [-0.05, 0) is 6.42 Å². The largest absolute Gasteiger partial charge is 0.481 e. The molecule has 0 aromatic carbocycles. The molecule has 7 heteroatoms. The van der Waals surface area contributed by atoms with Gasteiger partial charge in [-0.25, -0.2) is 0 Å². The lowest BCUT2D eigenvalue weighted by Gasteiger charge is -2.30. The normalized spacial score (nSPS) is 21.2. The van der Waals surface area contributed by atoms with E-state index >= 15 is 0 Å². The van der Waals surface area contributed by atoms with Crippen LogP contribution in [-0.4, -0.2) is 52.7 Å². The molecule has 1 amide bonds. The SMILES string of the molecule is CCCN(C(=O)c1c[nH]ccc1=O)C1COCC1C(=O)O. The fourth-order valence-corrected chi connectivity index (χ4v) is 2.48. The molecule has 114 valence electrons. The van der Waals surface area contributed by atoms with Crippen molar-refractivity contribution in [2.24, 2.45) is 5.92 Å². The summed E-state index contributed by atoms with van der Waals surface area (Å²) < 4.78 is 5.21. The third kappa shape index (κ3) is 3.13. The van der Waals surface area contributed by atoms with Crippen LogP contribution in [0, 0.1) is 5.92 Å². The van der Waals surface area contributed by atoms with Crippen molar-refractivity contribution in [3.8, 4) is 0 Å². The number of aliphatic carboxylic acids is 1. The second kappa shape index (κ2) is 6.53. The molecule has 2 heterocycles. The summed E-state index contributed by atoms with van der Waals surface area (Å²) >= 11 is 0. The summed E-state index contributed by atoms with van der Waals surface area (Å²) in [5, 5.41) is 9.22. The number of carboxylic acid groups (broad SMARTS) is 1. The van der Waals surface area contributed by atoms with Gasteiger partial charge in [-0.15, -0.1) is 0 Å². The first-order valence-corrected chi connectivity index (χ1v) is 6.85. The van der Waals surface area contributed by atoms with Crippen LogP contribution < -0.4 is 5.43 Å². The number of aromatic amines is 1. The van der Waals surface area contributed by atoms with Gasteiger partial charge in [0, 0.05) is 25.0 Å². The van der Waals surface area contributed by atoms with Crippen LogP contribution in [0.5, 0.6) is 0 Å². The lowest BCUT2D eigenvalue weighted by atomic mass is 10.0. The summed E-state index contributed by atoms with van der Waals surface area (Å²) in [4.78, 5) is 39.8. The second-order valence-electron chi connectivity index (χ2n) is 4.97. The molecule has 1 saturated heterocycles. The molecule has 21 heavy (non-hydrogen) atoms. The standard InChI is InChI=1S/C14H18N2O5/c1-2-5-16(11-8-21-7-10(11)14(19)20)13(18)9-6-15-4-3-12(9)17/h3-4,6,10-11H,2,5,7-8H2,1H3,(H,15,17)(H,19,20). The van der Waals surface area contributed by atoms with Gasteiger partial charge in [0.25, 0.3) is 5.91 Å². The van der Waals surface area contributed by atoms with E-state index in [2.05, 4.69) is 4.98 Å². The van der Waals surface area contributed by atoms with Crippen LogP contribution in [0.3, 0.4) is 0 Å². The van der Waals surface area contributed by atoms with Crippen molar-refractivity contribution in [1.82, 2.24) is 9.88 Å². The van der Waals surface area contributed by atoms with Gasteiger partial charge in [0.05, 0.1) is 19.3 Å². The molecule has 0 aliphatic carbocycles. The maximum atomic E-state index is 12.6. The summed E-state index contributed by atoms with van der Waals surface area (Å²) in [6, 6.07) is 0.728. The highest BCUT2D eigenvalue weighted by atomic mass is 16.5. The van der Waals surface area contributed by atoms with Crippen molar-refractivity contribution in [3.05, 3.63) is 34.2 Å². The molecule has 0 spiro atoms. The van der Waals surface area contributed by atoms with Crippen molar-refractivity contribution in [2.45, 2.75) is 19.4 Å². The van der Waals surface area contributed by atoms with E-state index in [0.29, 0.717) is 13.0 Å². The molecule has 1 aromatic rings. The molecule has 2 unspecified atom stereocenters. The van der Waals surface area contributed by atoms with Gasteiger partial charge >= 0.3 is 5.97 Å². The maximum absolute atomic E-state index is 12.6. The number of carbonyl (C=O) groups excluding carboxylic acids is 1. The number of rotatable bonds is 5. The molecule has 0 saturated carbocycles. The van der Waals surface area contributed by atoms with Crippen molar-refractivity contribution >= 4 is 11.9 Å². The number of amides is 1. The van der Waals surface area contributed by atoms with E-state index in [1.165, 1.54) is 23.4 Å². The number of nitrogens with one attached hydrogen (secondary N) is 1. The van der Waals surface area contributed by atoms with E-state index < -0.39 is 23.8 Å². The monoisotopic (exact) mass is 294 g/mol. The van der Waals surface area contributed by atoms with Gasteiger partial charge in [0.1, 0.15) is 11.5 Å². The van der Waals surface area contributed by atoms with Crippen LogP contribution in [0.15, 0.2) is 23.3 Å². The molecular formula is C14H18N2O5. The Hall–Kier alpha value is -2.15. The molecule has 7 nitrogen and oxygen atoms in total. The molecule has 1 aromatic heterocycles. The first-order chi connectivity index (χ1) is 10.1. The number of hydrogen-bond acceptors (Lipinski definition) is 4. The van der Waals surface area contributed by atoms with Gasteiger partial charge in [0.15, 0.2) is 5.43 Å².